The number of nitrogen functional groups attached to an aromatic ring is 1. The van der Waals surface area contributed by atoms with Gasteiger partial charge in [-0.1, -0.05) is 0 Å². The van der Waals surface area contributed by atoms with Crippen molar-refractivity contribution < 1.29 is 24.6 Å². The molecule has 0 bridgehead atoms. The number of carbonyl (C=O) groups is 3. The number of H-pyrrole nitrogens is 1. The van der Waals surface area contributed by atoms with Crippen LogP contribution >= 0.6 is 0 Å². The number of hydrogen-bond acceptors (Lipinski definition) is 9. The molecule has 0 saturated carbocycles. The Labute approximate surface area is 181 Å². The van der Waals surface area contributed by atoms with Gasteiger partial charge in [-0.15, -0.1) is 0 Å². The van der Waals surface area contributed by atoms with Gasteiger partial charge in [-0.2, -0.15) is 4.98 Å². The Hall–Kier alpha value is -4.29. The van der Waals surface area contributed by atoms with Crippen LogP contribution in [0.3, 0.4) is 0 Å². The highest BCUT2D eigenvalue weighted by atomic mass is 16.4. The Morgan fingerprint density at radius 1 is 1.22 bits per heavy atom. The average Bonchev–Trinajstić information content (AvgIpc) is 2.75. The van der Waals surface area contributed by atoms with E-state index in [2.05, 4.69) is 31.2 Å². The first-order valence-corrected chi connectivity index (χ1v) is 9.72. The number of carboxylic acid groups (broad SMARTS) is 2. The maximum absolute atomic E-state index is 12.3. The largest absolute Gasteiger partial charge is 0.481 e. The van der Waals surface area contributed by atoms with E-state index in [-0.39, 0.29) is 36.0 Å². The Morgan fingerprint density at radius 2 is 1.94 bits per heavy atom. The topological polar surface area (TPSA) is 212 Å². The lowest BCUT2D eigenvalue weighted by Gasteiger charge is -2.27. The van der Waals surface area contributed by atoms with Crippen LogP contribution in [0.25, 0.3) is 0 Å². The normalized spacial score (nSPS) is 15.4. The molecule has 2 atom stereocenters. The molecule has 2 heterocycles. The number of benzene rings is 1. The molecule has 3 rings (SSSR count). The van der Waals surface area contributed by atoms with Gasteiger partial charge in [0.05, 0.1) is 6.04 Å². The van der Waals surface area contributed by atoms with E-state index in [0.717, 1.165) is 0 Å². The van der Waals surface area contributed by atoms with Crippen molar-refractivity contribution >= 4 is 41.0 Å². The fourth-order valence-corrected chi connectivity index (χ4v) is 3.10. The van der Waals surface area contributed by atoms with Gasteiger partial charge in [0.15, 0.2) is 5.82 Å². The first kappa shape index (κ1) is 22.4. The van der Waals surface area contributed by atoms with Crippen molar-refractivity contribution in [3.05, 3.63) is 40.2 Å². The van der Waals surface area contributed by atoms with E-state index in [1.807, 2.05) is 0 Å². The van der Waals surface area contributed by atoms with Gasteiger partial charge in [-0.3, -0.25) is 19.4 Å². The molecular formula is C19H23N7O6. The number of fused-ring (bicyclic) bond motifs is 1. The summed E-state index contributed by atoms with van der Waals surface area (Å²) < 4.78 is 0. The van der Waals surface area contributed by atoms with Crippen molar-refractivity contribution in [3.8, 4) is 0 Å². The predicted octanol–water partition coefficient (Wildman–Crippen LogP) is -0.282. The van der Waals surface area contributed by atoms with Crippen LogP contribution in [0.4, 0.5) is 23.1 Å². The molecule has 1 aromatic carbocycles. The van der Waals surface area contributed by atoms with Gasteiger partial charge >= 0.3 is 11.9 Å². The lowest BCUT2D eigenvalue weighted by atomic mass is 10.1. The number of nitrogens with zero attached hydrogens (tertiary/aromatic N) is 1. The van der Waals surface area contributed by atoms with Crippen LogP contribution in [0.2, 0.25) is 0 Å². The summed E-state index contributed by atoms with van der Waals surface area (Å²) in [4.78, 5) is 52.6. The van der Waals surface area contributed by atoms with Gasteiger partial charge in [0.2, 0.25) is 5.95 Å². The Morgan fingerprint density at radius 3 is 2.59 bits per heavy atom. The minimum Gasteiger partial charge on any atom is -0.481 e. The molecule has 0 fully saturated rings. The first-order valence-electron chi connectivity index (χ1n) is 9.72. The number of anilines is 4. The molecule has 9 N–H and O–H groups in total. The van der Waals surface area contributed by atoms with Crippen LogP contribution in [0.1, 0.15) is 23.2 Å². The van der Waals surface area contributed by atoms with Crippen LogP contribution < -0.4 is 32.6 Å². The molecule has 1 amide bonds. The standard InChI is InChI=1S/C19H23N7O6/c20-19-25-15-14(17(30)26-19)23-11(8-22-15)7-21-10-3-1-9(2-4-10)16(29)24-12(18(31)32)5-6-13(27)28/h1-4,11-12,21,23H,5-8H2,(H,24,29)(H,27,28)(H,31,32)(H4,20,22,25,26,30)/t11-,12+/m0/s1. The lowest BCUT2D eigenvalue weighted by Crippen LogP contribution is -2.41. The summed E-state index contributed by atoms with van der Waals surface area (Å²) in [6, 6.07) is 4.93. The van der Waals surface area contributed by atoms with Gasteiger partial charge in [0.1, 0.15) is 11.7 Å². The average molecular weight is 445 g/mol. The number of aromatic nitrogens is 2. The highest BCUT2D eigenvalue weighted by Gasteiger charge is 2.23. The van der Waals surface area contributed by atoms with Gasteiger partial charge in [-0.05, 0) is 30.7 Å². The predicted molar refractivity (Wildman–Crippen MR) is 116 cm³/mol. The summed E-state index contributed by atoms with van der Waals surface area (Å²) in [7, 11) is 0. The third-order valence-corrected chi connectivity index (χ3v) is 4.75. The van der Waals surface area contributed by atoms with E-state index in [0.29, 0.717) is 30.3 Å². The van der Waals surface area contributed by atoms with E-state index in [1.165, 1.54) is 12.1 Å². The van der Waals surface area contributed by atoms with Crippen LogP contribution in [0.15, 0.2) is 29.1 Å². The molecule has 1 aliphatic rings. The number of rotatable bonds is 9. The number of nitrogens with two attached hydrogens (primary N) is 1. The molecule has 13 heteroatoms. The number of carbonyl (C=O) groups excluding carboxylic acids is 1. The Bertz CT molecular complexity index is 1070. The number of amides is 1. The van der Waals surface area contributed by atoms with Crippen LogP contribution in [-0.4, -0.2) is 63.2 Å². The molecule has 0 spiro atoms. The molecule has 1 aliphatic heterocycles. The van der Waals surface area contributed by atoms with Crippen molar-refractivity contribution in [2.45, 2.75) is 24.9 Å². The second-order valence-electron chi connectivity index (χ2n) is 7.15. The van der Waals surface area contributed by atoms with Crippen molar-refractivity contribution in [2.75, 3.05) is 34.8 Å². The number of aromatic amines is 1. The molecular weight excluding hydrogens is 422 g/mol. The molecule has 0 aliphatic carbocycles. The van der Waals surface area contributed by atoms with Gasteiger partial charge in [0.25, 0.3) is 11.5 Å². The fraction of sp³-hybridized carbons (Fsp3) is 0.316. The zero-order valence-corrected chi connectivity index (χ0v) is 16.8. The van der Waals surface area contributed by atoms with Gasteiger partial charge in [0, 0.05) is 30.8 Å². The van der Waals surface area contributed by atoms with Crippen LogP contribution in [0.5, 0.6) is 0 Å². The summed E-state index contributed by atoms with van der Waals surface area (Å²) in [6.07, 6.45) is -0.587. The van der Waals surface area contributed by atoms with E-state index < -0.39 is 23.9 Å². The van der Waals surface area contributed by atoms with Gasteiger partial charge < -0.3 is 37.2 Å². The minimum absolute atomic E-state index is 0.0281. The van der Waals surface area contributed by atoms with Crippen LogP contribution in [-0.2, 0) is 9.59 Å². The fourth-order valence-electron chi connectivity index (χ4n) is 3.10. The molecule has 32 heavy (non-hydrogen) atoms. The Balaban J connectivity index is 1.54. The molecule has 170 valence electrons. The Kier molecular flexibility index (Phi) is 6.77. The number of nitrogens with one attached hydrogen (secondary N) is 5. The van der Waals surface area contributed by atoms with Crippen molar-refractivity contribution in [3.63, 3.8) is 0 Å². The SMILES string of the molecule is Nc1nc2c(c(=O)[nH]1)N[C@@H](CNc1ccc(C(=O)N[C@H](CCC(=O)O)C(=O)O)cc1)CN2. The summed E-state index contributed by atoms with van der Waals surface area (Å²) in [5, 5.41) is 29.5. The molecule has 0 radical (unpaired) electrons. The zero-order chi connectivity index (χ0) is 23.3. The van der Waals surface area contributed by atoms with Crippen LogP contribution in [0, 0.1) is 0 Å². The van der Waals surface area contributed by atoms with E-state index in [4.69, 9.17) is 15.9 Å². The minimum atomic E-state index is -1.30. The highest BCUT2D eigenvalue weighted by molar-refractivity contribution is 5.96. The summed E-state index contributed by atoms with van der Waals surface area (Å²) in [5.74, 6) is -2.64. The number of hydrogen-bond donors (Lipinski definition) is 8. The second kappa shape index (κ2) is 9.68. The monoisotopic (exact) mass is 445 g/mol. The number of aliphatic carboxylic acids is 2. The summed E-state index contributed by atoms with van der Waals surface area (Å²) in [5.41, 5.74) is 6.40. The molecule has 13 nitrogen and oxygen atoms in total. The third-order valence-electron chi connectivity index (χ3n) is 4.75. The quantitative estimate of drug-likeness (QED) is 0.251. The smallest absolute Gasteiger partial charge is 0.326 e. The van der Waals surface area contributed by atoms with Gasteiger partial charge in [-0.25, -0.2) is 4.79 Å². The molecule has 0 unspecified atom stereocenters. The van der Waals surface area contributed by atoms with E-state index in [9.17, 15) is 19.2 Å². The first-order chi connectivity index (χ1) is 15.2. The molecule has 2 aromatic rings. The van der Waals surface area contributed by atoms with Crippen molar-refractivity contribution in [1.82, 2.24) is 15.3 Å². The highest BCUT2D eigenvalue weighted by Crippen LogP contribution is 2.20. The number of carboxylic acids is 2. The van der Waals surface area contributed by atoms with Crippen molar-refractivity contribution in [1.29, 1.82) is 0 Å². The van der Waals surface area contributed by atoms with E-state index >= 15 is 0 Å². The summed E-state index contributed by atoms with van der Waals surface area (Å²) >= 11 is 0. The zero-order valence-electron chi connectivity index (χ0n) is 16.8. The van der Waals surface area contributed by atoms with E-state index in [1.54, 1.807) is 12.1 Å². The maximum atomic E-state index is 12.3. The summed E-state index contributed by atoms with van der Waals surface area (Å²) in [6.45, 7) is 0.960. The third kappa shape index (κ3) is 5.65. The lowest BCUT2D eigenvalue weighted by molar-refractivity contribution is -0.140. The maximum Gasteiger partial charge on any atom is 0.326 e. The second-order valence-corrected chi connectivity index (χ2v) is 7.15. The molecule has 0 saturated heterocycles. The molecule has 1 aromatic heterocycles. The van der Waals surface area contributed by atoms with Crippen molar-refractivity contribution in [2.24, 2.45) is 0 Å².